The molecule has 2 heterocycles. The Balaban J connectivity index is 1.84. The SMILES string of the molecule is C=C/C=C\C(=C/C)n1c(C=C)c(/C=C\C)c2cc(N(C3=Cc4c(/C=C\C)c(C=C)n(C(/C=C\C)=C/C=C)c4C(C)C3)c3ccc(C)cc3)ccc21. The van der Waals surface area contributed by atoms with E-state index in [1.54, 1.807) is 0 Å². The summed E-state index contributed by atoms with van der Waals surface area (Å²) in [4.78, 5) is 2.44. The fourth-order valence-corrected chi connectivity index (χ4v) is 7.32. The van der Waals surface area contributed by atoms with Crippen LogP contribution in [0.4, 0.5) is 11.4 Å². The molecular formula is C48H51N3. The average Bonchev–Trinajstić information content (AvgIpc) is 3.61. The molecule has 1 aliphatic rings. The molecule has 1 atom stereocenters. The molecule has 51 heavy (non-hydrogen) atoms. The van der Waals surface area contributed by atoms with Crippen molar-refractivity contribution in [3.8, 4) is 0 Å². The third-order valence-electron chi connectivity index (χ3n) is 9.38. The van der Waals surface area contributed by atoms with Gasteiger partial charge in [0.15, 0.2) is 0 Å². The Hall–Kier alpha value is -5.80. The van der Waals surface area contributed by atoms with Gasteiger partial charge in [-0.05, 0) is 108 Å². The number of hydrogen-bond donors (Lipinski definition) is 0. The van der Waals surface area contributed by atoms with Crippen molar-refractivity contribution in [1.82, 2.24) is 9.13 Å². The van der Waals surface area contributed by atoms with E-state index in [-0.39, 0.29) is 5.92 Å². The summed E-state index contributed by atoms with van der Waals surface area (Å²) in [5, 5.41) is 1.16. The van der Waals surface area contributed by atoms with Gasteiger partial charge in [0.25, 0.3) is 0 Å². The first-order chi connectivity index (χ1) is 24.8. The van der Waals surface area contributed by atoms with Gasteiger partial charge in [0.05, 0.1) is 16.9 Å². The molecule has 0 saturated heterocycles. The maximum Gasteiger partial charge on any atom is 0.0542 e. The lowest BCUT2D eigenvalue weighted by Gasteiger charge is -2.33. The van der Waals surface area contributed by atoms with Crippen LogP contribution in [0, 0.1) is 6.92 Å². The molecule has 2 aromatic carbocycles. The van der Waals surface area contributed by atoms with Crippen LogP contribution in [0.5, 0.6) is 0 Å². The third kappa shape index (κ3) is 6.85. The Bertz CT molecular complexity index is 2190. The zero-order valence-electron chi connectivity index (χ0n) is 31.2. The number of hydrogen-bond acceptors (Lipinski definition) is 1. The maximum absolute atomic E-state index is 4.28. The molecule has 0 aliphatic heterocycles. The van der Waals surface area contributed by atoms with Crippen LogP contribution in [0.3, 0.4) is 0 Å². The Morgan fingerprint density at radius 2 is 1.43 bits per heavy atom. The van der Waals surface area contributed by atoms with Crippen LogP contribution in [-0.4, -0.2) is 9.13 Å². The summed E-state index contributed by atoms with van der Waals surface area (Å²) in [6.45, 7) is 29.2. The molecular weight excluding hydrogens is 619 g/mol. The van der Waals surface area contributed by atoms with Gasteiger partial charge in [0.1, 0.15) is 0 Å². The monoisotopic (exact) mass is 669 g/mol. The molecule has 3 heteroatoms. The fraction of sp³-hybridized carbons (Fsp3) is 0.167. The highest BCUT2D eigenvalue weighted by atomic mass is 15.2. The van der Waals surface area contributed by atoms with Gasteiger partial charge in [0, 0.05) is 62.2 Å². The van der Waals surface area contributed by atoms with Gasteiger partial charge < -0.3 is 14.0 Å². The molecule has 3 nitrogen and oxygen atoms in total. The zero-order chi connectivity index (χ0) is 36.7. The second-order valence-electron chi connectivity index (χ2n) is 12.7. The first kappa shape index (κ1) is 36.5. The van der Waals surface area contributed by atoms with Gasteiger partial charge in [-0.15, -0.1) is 0 Å². The minimum absolute atomic E-state index is 0.216. The number of fused-ring (bicyclic) bond motifs is 2. The van der Waals surface area contributed by atoms with Crippen LogP contribution < -0.4 is 4.90 Å². The standard InChI is InChI=1S/C48H51N3/c1-11-19-24-36(16-6)50-45(17-7)41(22-14-4)43-32-39(29-30-47(43)50)49(38-27-25-34(9)26-28-38)40-31-35(10)48-44(33-40)42(23-15-5)46(18-8)51(48)37(20-12-2)21-13-3/h11-30,32-33,35H,1-2,7-8,31H2,3-6,9-10H3/b21-13-,22-14-,23-15-,24-19-,36-16+,37-20+. The lowest BCUT2D eigenvalue weighted by Crippen LogP contribution is -2.21. The normalized spacial score (nSPS) is 15.3. The Morgan fingerprint density at radius 3 is 2.04 bits per heavy atom. The van der Waals surface area contributed by atoms with E-state index in [4.69, 9.17) is 0 Å². The van der Waals surface area contributed by atoms with E-state index in [1.165, 1.54) is 28.1 Å². The van der Waals surface area contributed by atoms with Gasteiger partial charge in [-0.25, -0.2) is 0 Å². The molecule has 0 spiro atoms. The van der Waals surface area contributed by atoms with Crippen molar-refractivity contribution in [2.45, 2.75) is 53.9 Å². The maximum atomic E-state index is 4.28. The predicted molar refractivity (Wildman–Crippen MR) is 229 cm³/mol. The quantitative estimate of drug-likeness (QED) is 0.129. The van der Waals surface area contributed by atoms with E-state index >= 15 is 0 Å². The molecule has 1 unspecified atom stereocenters. The van der Waals surface area contributed by atoms with Crippen LogP contribution in [0.2, 0.25) is 0 Å². The molecule has 0 radical (unpaired) electrons. The van der Waals surface area contributed by atoms with E-state index in [0.29, 0.717) is 0 Å². The van der Waals surface area contributed by atoms with E-state index < -0.39 is 0 Å². The molecule has 5 rings (SSSR count). The molecule has 0 saturated carbocycles. The second kappa shape index (κ2) is 16.3. The molecule has 2 aromatic heterocycles. The van der Waals surface area contributed by atoms with Gasteiger partial charge in [-0.2, -0.15) is 0 Å². The highest BCUT2D eigenvalue weighted by Gasteiger charge is 2.31. The van der Waals surface area contributed by atoms with E-state index in [2.05, 4.69) is 185 Å². The molecule has 0 fully saturated rings. The number of rotatable bonds is 13. The minimum atomic E-state index is 0.216. The highest BCUT2D eigenvalue weighted by molar-refractivity contribution is 5.99. The number of aryl methyl sites for hydroxylation is 1. The molecule has 1 aliphatic carbocycles. The summed E-state index contributed by atoms with van der Waals surface area (Å²) in [6, 6.07) is 15.7. The third-order valence-corrected chi connectivity index (χ3v) is 9.38. The molecule has 0 N–H and O–H groups in total. The number of nitrogens with zero attached hydrogens (tertiary/aromatic N) is 3. The van der Waals surface area contributed by atoms with Crippen molar-refractivity contribution < 1.29 is 0 Å². The summed E-state index contributed by atoms with van der Waals surface area (Å²) < 4.78 is 4.65. The summed E-state index contributed by atoms with van der Waals surface area (Å²) in [5.41, 5.74) is 14.9. The smallest absolute Gasteiger partial charge is 0.0542 e. The zero-order valence-corrected chi connectivity index (χ0v) is 31.2. The van der Waals surface area contributed by atoms with E-state index in [9.17, 15) is 0 Å². The number of anilines is 2. The Labute approximate surface area is 305 Å². The summed E-state index contributed by atoms with van der Waals surface area (Å²) in [6.07, 6.45) is 32.0. The molecule has 258 valence electrons. The van der Waals surface area contributed by atoms with Crippen molar-refractivity contribution in [3.05, 3.63) is 175 Å². The summed E-state index contributed by atoms with van der Waals surface area (Å²) in [7, 11) is 0. The first-order valence-corrected chi connectivity index (χ1v) is 17.8. The van der Waals surface area contributed by atoms with Gasteiger partial charge >= 0.3 is 0 Å². The van der Waals surface area contributed by atoms with E-state index in [1.807, 2.05) is 30.4 Å². The van der Waals surface area contributed by atoms with Crippen molar-refractivity contribution in [2.75, 3.05) is 4.90 Å². The summed E-state index contributed by atoms with van der Waals surface area (Å²) in [5.74, 6) is 0.216. The van der Waals surface area contributed by atoms with Gasteiger partial charge in [-0.3, -0.25) is 0 Å². The van der Waals surface area contributed by atoms with Crippen LogP contribution in [0.1, 0.15) is 86.3 Å². The largest absolute Gasteiger partial charge is 0.314 e. The van der Waals surface area contributed by atoms with Crippen molar-refractivity contribution >= 4 is 64.1 Å². The van der Waals surface area contributed by atoms with Crippen molar-refractivity contribution in [2.24, 2.45) is 0 Å². The Kier molecular flexibility index (Phi) is 11.6. The fourth-order valence-electron chi connectivity index (χ4n) is 7.32. The van der Waals surface area contributed by atoms with Crippen molar-refractivity contribution in [3.63, 3.8) is 0 Å². The van der Waals surface area contributed by atoms with Crippen LogP contribution >= 0.6 is 0 Å². The Morgan fingerprint density at radius 1 is 0.765 bits per heavy atom. The molecule has 4 aromatic rings. The molecule has 0 amide bonds. The van der Waals surface area contributed by atoms with Crippen molar-refractivity contribution in [1.29, 1.82) is 0 Å². The van der Waals surface area contributed by atoms with Gasteiger partial charge in [0.2, 0.25) is 0 Å². The first-order valence-electron chi connectivity index (χ1n) is 17.8. The number of allylic oxidation sites excluding steroid dienone is 13. The predicted octanol–water partition coefficient (Wildman–Crippen LogP) is 14.0. The highest BCUT2D eigenvalue weighted by Crippen LogP contribution is 2.46. The number of aromatic nitrogens is 2. The average molecular weight is 670 g/mol. The van der Waals surface area contributed by atoms with Crippen LogP contribution in [-0.2, 0) is 0 Å². The molecule has 0 bridgehead atoms. The lowest BCUT2D eigenvalue weighted by molar-refractivity contribution is 0.691. The van der Waals surface area contributed by atoms with Crippen LogP contribution in [0.15, 0.2) is 135 Å². The topological polar surface area (TPSA) is 13.1 Å². The van der Waals surface area contributed by atoms with Gasteiger partial charge in [-0.1, -0.05) is 106 Å². The number of benzene rings is 2. The second-order valence-corrected chi connectivity index (χ2v) is 12.7. The summed E-state index contributed by atoms with van der Waals surface area (Å²) >= 11 is 0. The minimum Gasteiger partial charge on any atom is -0.314 e. The van der Waals surface area contributed by atoms with Crippen LogP contribution in [0.25, 0.3) is 52.7 Å². The van der Waals surface area contributed by atoms with E-state index in [0.717, 1.165) is 57.0 Å². The lowest BCUT2D eigenvalue weighted by atomic mass is 9.89.